The number of rotatable bonds is 7. The molecular formula is C19H20N4O2S. The molecule has 1 aromatic heterocycles. The van der Waals surface area contributed by atoms with Crippen LogP contribution in [0, 0.1) is 6.92 Å². The average molecular weight is 368 g/mol. The molecule has 26 heavy (non-hydrogen) atoms. The van der Waals surface area contributed by atoms with E-state index in [2.05, 4.69) is 9.97 Å². The van der Waals surface area contributed by atoms with E-state index in [9.17, 15) is 9.59 Å². The summed E-state index contributed by atoms with van der Waals surface area (Å²) in [6, 6.07) is 15.3. The smallest absolute Gasteiger partial charge is 0.237 e. The first kappa shape index (κ1) is 18.0. The molecule has 2 amide bonds. The highest BCUT2D eigenvalue weighted by molar-refractivity contribution is 7.99. The zero-order valence-corrected chi connectivity index (χ0v) is 15.3. The second-order valence-corrected chi connectivity index (χ2v) is 6.91. The van der Waals surface area contributed by atoms with Crippen molar-refractivity contribution >= 4 is 40.3 Å². The largest absolute Gasteiger partial charge is 0.370 e. The van der Waals surface area contributed by atoms with Crippen molar-refractivity contribution in [3.8, 4) is 0 Å². The number of anilines is 1. The molecule has 3 rings (SSSR count). The van der Waals surface area contributed by atoms with Crippen LogP contribution in [0.25, 0.3) is 11.0 Å². The molecule has 0 unspecified atom stereocenters. The van der Waals surface area contributed by atoms with E-state index >= 15 is 0 Å². The minimum atomic E-state index is -0.431. The van der Waals surface area contributed by atoms with Crippen molar-refractivity contribution < 1.29 is 9.59 Å². The van der Waals surface area contributed by atoms with Gasteiger partial charge in [0, 0.05) is 18.7 Å². The molecule has 2 aromatic carbocycles. The van der Waals surface area contributed by atoms with Gasteiger partial charge in [-0.2, -0.15) is 0 Å². The van der Waals surface area contributed by atoms with E-state index in [-0.39, 0.29) is 24.6 Å². The average Bonchev–Trinajstić information content (AvgIpc) is 3.02. The van der Waals surface area contributed by atoms with Crippen molar-refractivity contribution in [3.63, 3.8) is 0 Å². The van der Waals surface area contributed by atoms with Gasteiger partial charge < -0.3 is 15.6 Å². The molecule has 7 heteroatoms. The molecule has 0 atom stereocenters. The summed E-state index contributed by atoms with van der Waals surface area (Å²) >= 11 is 1.34. The van der Waals surface area contributed by atoms with Crippen LogP contribution < -0.4 is 10.6 Å². The number of aromatic amines is 1. The number of nitrogens with one attached hydrogen (secondary N) is 1. The minimum Gasteiger partial charge on any atom is -0.370 e. The molecule has 6 nitrogen and oxygen atoms in total. The first-order valence-electron chi connectivity index (χ1n) is 8.26. The molecule has 0 saturated carbocycles. The summed E-state index contributed by atoms with van der Waals surface area (Å²) in [5.74, 6) is -0.315. The third kappa shape index (κ3) is 4.43. The number of fused-ring (bicyclic) bond motifs is 1. The minimum absolute atomic E-state index is 0.0981. The molecule has 3 N–H and O–H groups in total. The number of hydrogen-bond donors (Lipinski definition) is 2. The number of carbonyl (C=O) groups excluding carboxylic acids is 2. The Kier molecular flexibility index (Phi) is 5.58. The van der Waals surface area contributed by atoms with E-state index in [4.69, 9.17) is 5.73 Å². The van der Waals surface area contributed by atoms with Gasteiger partial charge in [-0.3, -0.25) is 9.59 Å². The molecule has 0 aliphatic heterocycles. The molecule has 0 radical (unpaired) electrons. The SMILES string of the molecule is Cc1ccc2nc(SCC(=O)N(CCC(N)=O)c3ccccc3)[nH]c2c1. The van der Waals surface area contributed by atoms with Crippen LogP contribution in [0.3, 0.4) is 0 Å². The van der Waals surface area contributed by atoms with E-state index in [1.54, 1.807) is 4.90 Å². The van der Waals surface area contributed by atoms with Crippen molar-refractivity contribution in [2.75, 3.05) is 17.2 Å². The number of primary amides is 1. The highest BCUT2D eigenvalue weighted by Gasteiger charge is 2.17. The van der Waals surface area contributed by atoms with Crippen LogP contribution in [-0.2, 0) is 9.59 Å². The number of para-hydroxylation sites is 1. The molecule has 0 spiro atoms. The van der Waals surface area contributed by atoms with Crippen LogP contribution in [0.15, 0.2) is 53.7 Å². The lowest BCUT2D eigenvalue weighted by Gasteiger charge is -2.22. The van der Waals surface area contributed by atoms with E-state index in [0.29, 0.717) is 5.16 Å². The monoisotopic (exact) mass is 368 g/mol. The zero-order valence-electron chi connectivity index (χ0n) is 14.4. The highest BCUT2D eigenvalue weighted by atomic mass is 32.2. The second-order valence-electron chi connectivity index (χ2n) is 5.95. The zero-order chi connectivity index (χ0) is 18.5. The van der Waals surface area contributed by atoms with Gasteiger partial charge in [0.25, 0.3) is 0 Å². The third-order valence-corrected chi connectivity index (χ3v) is 4.76. The van der Waals surface area contributed by atoms with E-state index in [1.807, 2.05) is 55.5 Å². The maximum atomic E-state index is 12.7. The first-order chi connectivity index (χ1) is 12.5. The summed E-state index contributed by atoms with van der Waals surface area (Å²) in [4.78, 5) is 33.1. The number of aryl methyl sites for hydroxylation is 1. The van der Waals surface area contributed by atoms with Crippen molar-refractivity contribution in [1.29, 1.82) is 0 Å². The molecule has 1 heterocycles. The lowest BCUT2D eigenvalue weighted by atomic mass is 10.2. The number of benzene rings is 2. The number of hydrogen-bond acceptors (Lipinski definition) is 4. The standard InChI is InChI=1S/C19H20N4O2S/c1-13-7-8-15-16(11-13)22-19(21-15)26-12-18(25)23(10-9-17(20)24)14-5-3-2-4-6-14/h2-8,11H,9-10,12H2,1H3,(H2,20,24)(H,21,22). The van der Waals surface area contributed by atoms with Crippen LogP contribution in [0.2, 0.25) is 0 Å². The van der Waals surface area contributed by atoms with Crippen molar-refractivity contribution in [2.45, 2.75) is 18.5 Å². The summed E-state index contributed by atoms with van der Waals surface area (Å²) in [5, 5.41) is 0.696. The molecule has 0 fully saturated rings. The van der Waals surface area contributed by atoms with Crippen LogP contribution in [0.5, 0.6) is 0 Å². The lowest BCUT2D eigenvalue weighted by molar-refractivity contribution is -0.118. The molecule has 0 aliphatic carbocycles. The van der Waals surface area contributed by atoms with E-state index in [0.717, 1.165) is 22.3 Å². The van der Waals surface area contributed by atoms with Gasteiger partial charge in [-0.05, 0) is 36.8 Å². The van der Waals surface area contributed by atoms with Crippen LogP contribution >= 0.6 is 11.8 Å². The van der Waals surface area contributed by atoms with Gasteiger partial charge in [-0.25, -0.2) is 4.98 Å². The van der Waals surface area contributed by atoms with Crippen molar-refractivity contribution in [3.05, 3.63) is 54.1 Å². The van der Waals surface area contributed by atoms with E-state index in [1.165, 1.54) is 11.8 Å². The maximum Gasteiger partial charge on any atom is 0.237 e. The number of carbonyl (C=O) groups is 2. The van der Waals surface area contributed by atoms with Crippen LogP contribution in [0.4, 0.5) is 5.69 Å². The molecule has 0 bridgehead atoms. The summed E-state index contributed by atoms with van der Waals surface area (Å²) in [5.41, 5.74) is 8.97. The highest BCUT2D eigenvalue weighted by Crippen LogP contribution is 2.22. The summed E-state index contributed by atoms with van der Waals surface area (Å²) in [6.07, 6.45) is 0.120. The number of amides is 2. The van der Waals surface area contributed by atoms with Gasteiger partial charge in [0.1, 0.15) is 0 Å². The maximum absolute atomic E-state index is 12.7. The fourth-order valence-electron chi connectivity index (χ4n) is 2.60. The number of nitrogens with two attached hydrogens (primary N) is 1. The molecule has 3 aromatic rings. The van der Waals surface area contributed by atoms with Gasteiger partial charge in [0.15, 0.2) is 5.16 Å². The Bertz CT molecular complexity index is 924. The summed E-state index contributed by atoms with van der Waals surface area (Å²) < 4.78 is 0. The molecule has 0 saturated heterocycles. The second kappa shape index (κ2) is 8.05. The normalized spacial score (nSPS) is 10.8. The van der Waals surface area contributed by atoms with Gasteiger partial charge in [0.05, 0.1) is 16.8 Å². The number of imidazole rings is 1. The summed E-state index contributed by atoms with van der Waals surface area (Å²) in [6.45, 7) is 2.28. The Hall–Kier alpha value is -2.80. The van der Waals surface area contributed by atoms with Crippen LogP contribution in [0.1, 0.15) is 12.0 Å². The Morgan fingerprint density at radius 1 is 1.19 bits per heavy atom. The van der Waals surface area contributed by atoms with Crippen molar-refractivity contribution in [2.24, 2.45) is 5.73 Å². The number of nitrogens with zero attached hydrogens (tertiary/aromatic N) is 2. The fraction of sp³-hybridized carbons (Fsp3) is 0.211. The third-order valence-electron chi connectivity index (χ3n) is 3.90. The topological polar surface area (TPSA) is 92.1 Å². The summed E-state index contributed by atoms with van der Waals surface area (Å²) in [7, 11) is 0. The predicted molar refractivity (Wildman–Crippen MR) is 104 cm³/mol. The molecular weight excluding hydrogens is 348 g/mol. The van der Waals surface area contributed by atoms with Gasteiger partial charge in [0.2, 0.25) is 11.8 Å². The fourth-order valence-corrected chi connectivity index (χ4v) is 3.37. The Morgan fingerprint density at radius 2 is 1.96 bits per heavy atom. The number of H-pyrrole nitrogens is 1. The number of thioether (sulfide) groups is 1. The Balaban J connectivity index is 1.70. The quantitative estimate of drug-likeness (QED) is 0.627. The van der Waals surface area contributed by atoms with Gasteiger partial charge in [-0.1, -0.05) is 36.0 Å². The van der Waals surface area contributed by atoms with Crippen LogP contribution in [-0.4, -0.2) is 34.1 Å². The molecule has 134 valence electrons. The first-order valence-corrected chi connectivity index (χ1v) is 9.24. The predicted octanol–water partition coefficient (Wildman–Crippen LogP) is 2.87. The van der Waals surface area contributed by atoms with Gasteiger partial charge >= 0.3 is 0 Å². The molecule has 0 aliphatic rings. The Morgan fingerprint density at radius 3 is 2.69 bits per heavy atom. The lowest BCUT2D eigenvalue weighted by Crippen LogP contribution is -2.35. The van der Waals surface area contributed by atoms with Gasteiger partial charge in [-0.15, -0.1) is 0 Å². The van der Waals surface area contributed by atoms with Crippen molar-refractivity contribution in [1.82, 2.24) is 9.97 Å². The Labute approximate surface area is 155 Å². The van der Waals surface area contributed by atoms with E-state index < -0.39 is 5.91 Å². The number of aromatic nitrogens is 2.